The molecule has 128 heavy (non-hydrogen) atoms. The van der Waals surface area contributed by atoms with Crippen molar-refractivity contribution in [3.8, 4) is 28.7 Å². The molecule has 0 radical (unpaired) electrons. The number of benzene rings is 9. The van der Waals surface area contributed by atoms with Crippen molar-refractivity contribution in [1.29, 1.82) is 0 Å². The third kappa shape index (κ3) is 48.1. The Labute approximate surface area is 755 Å². The molecule has 25 heteroatoms. The third-order valence-corrected chi connectivity index (χ3v) is 18.3. The van der Waals surface area contributed by atoms with Crippen molar-refractivity contribution in [1.82, 2.24) is 10.6 Å². The first-order valence-corrected chi connectivity index (χ1v) is 42.4. The number of nitrogens with two attached hydrogens (primary N) is 1. The number of phenols is 2. The molecule has 0 atom stereocenters. The van der Waals surface area contributed by atoms with Crippen LogP contribution in [-0.4, -0.2) is 122 Å². The molecule has 0 unspecified atom stereocenters. The van der Waals surface area contributed by atoms with Gasteiger partial charge in [0.05, 0.1) is 48.4 Å². The van der Waals surface area contributed by atoms with E-state index in [2.05, 4.69) is 66.5 Å². The van der Waals surface area contributed by atoms with Gasteiger partial charge in [0.15, 0.2) is 0 Å². The average Bonchev–Trinajstić information content (AvgIpc) is 0.836. The molecular formula is C103H131N3O22. The lowest BCUT2D eigenvalue weighted by Gasteiger charge is -2.19. The van der Waals surface area contributed by atoms with Gasteiger partial charge in [-0.05, 0) is 189 Å². The van der Waals surface area contributed by atoms with Gasteiger partial charge in [0.1, 0.15) is 54.2 Å². The summed E-state index contributed by atoms with van der Waals surface area (Å²) >= 11 is 0. The van der Waals surface area contributed by atoms with Crippen LogP contribution >= 0.6 is 0 Å². The van der Waals surface area contributed by atoms with E-state index in [-0.39, 0.29) is 86.4 Å². The number of hydrogen-bond donors (Lipinski definition) is 7. The molecule has 0 saturated heterocycles. The first-order chi connectivity index (χ1) is 61.4. The second-order valence-electron chi connectivity index (χ2n) is 29.2. The van der Waals surface area contributed by atoms with Gasteiger partial charge in [0, 0.05) is 68.3 Å². The molecule has 9 rings (SSSR count). The van der Waals surface area contributed by atoms with Gasteiger partial charge >= 0.3 is 47.9 Å². The van der Waals surface area contributed by atoms with Gasteiger partial charge in [-0.3, -0.25) is 38.4 Å². The first-order valence-electron chi connectivity index (χ1n) is 42.4. The van der Waals surface area contributed by atoms with Crippen LogP contribution in [0, 0.1) is 6.92 Å². The van der Waals surface area contributed by atoms with E-state index in [1.54, 1.807) is 63.2 Å². The smallest absolute Gasteiger partial charge is 0.407 e. The monoisotopic (exact) mass is 1760 g/mol. The van der Waals surface area contributed by atoms with Gasteiger partial charge in [0.25, 0.3) is 0 Å². The summed E-state index contributed by atoms with van der Waals surface area (Å²) in [4.78, 5) is 100. The zero-order valence-corrected chi connectivity index (χ0v) is 76.7. The van der Waals surface area contributed by atoms with Crippen molar-refractivity contribution in [2.24, 2.45) is 5.73 Å². The van der Waals surface area contributed by atoms with Crippen molar-refractivity contribution in [3.63, 3.8) is 0 Å². The van der Waals surface area contributed by atoms with Crippen LogP contribution in [0.3, 0.4) is 0 Å². The molecule has 2 amide bonds. The Morgan fingerprint density at radius 1 is 0.375 bits per heavy atom. The molecule has 25 nitrogen and oxygen atoms in total. The molecule has 690 valence electrons. The summed E-state index contributed by atoms with van der Waals surface area (Å²) in [5.41, 5.74) is 20.1. The number of carboxylic acids is 2. The van der Waals surface area contributed by atoms with Crippen molar-refractivity contribution in [3.05, 3.63) is 315 Å². The predicted molar refractivity (Wildman–Crippen MR) is 497 cm³/mol. The Morgan fingerprint density at radius 2 is 0.680 bits per heavy atom. The van der Waals surface area contributed by atoms with Crippen LogP contribution in [0.2, 0.25) is 0 Å². The van der Waals surface area contributed by atoms with Crippen molar-refractivity contribution >= 4 is 53.8 Å². The van der Waals surface area contributed by atoms with E-state index in [1.165, 1.54) is 46.7 Å². The molecule has 0 aliphatic carbocycles. The lowest BCUT2D eigenvalue weighted by Crippen LogP contribution is -2.32. The number of phenolic OH excluding ortho intramolecular Hbond substituents is 2. The fourth-order valence-electron chi connectivity index (χ4n) is 11.7. The topological polar surface area (TPSA) is 368 Å². The standard InChI is InChI=1S/C20H22O3.C19H21NO4.C19H20O5.C16H23NO5.C13H16O3.C12H17NO2.2C2H6/c1-3-7-18-14-16(11-13-20(21)22-2)10-12-19(18)23-15-17-8-5-4-6-9-17;2*1-23-19(22)10-8-14-7-9-17(16(11-14)12-18(20)21)24-13-15-5-3-2-4-6-15;1-16(2,3)22-15(20)17-10-12-9-11(5-7-13(12)18)6-8-14(19)21-4;1-3-4-11-9-10(5-7-12(11)14)6-8-13(15)16-2;1-9-3-4-10(5-6-12(14)15)7-11(9)8-13-2;2*1-2/h3-6,8-10,12,14H,1,7,11,13,15H2,2H3;2-7,9,11H,8,10,12-13H2,1H3,(H2,20,21);2-7,9,11H,8,10,12-13H2,1H3,(H,20,21);5,7,9,18H,6,8,10H2,1-4H3,(H,17,20);3,5,7,9,14H,1,4,6,8H2,2H3;3-4,7,13H,5-6,8H2,1-2H3,(H,14,15);2*1-2H3. The van der Waals surface area contributed by atoms with E-state index < -0.39 is 29.5 Å². The predicted octanol–water partition coefficient (Wildman–Crippen LogP) is 18.0. The summed E-state index contributed by atoms with van der Waals surface area (Å²) in [6, 6.07) is 62.9. The summed E-state index contributed by atoms with van der Waals surface area (Å²) in [5.74, 6) is -0.993. The number of ether oxygens (including phenoxy) is 9. The molecule has 0 aliphatic rings. The second kappa shape index (κ2) is 64.2. The number of rotatable bonds is 39. The number of nitrogens with one attached hydrogen (secondary N) is 2. The Hall–Kier alpha value is -13.6. The Kier molecular flexibility index (Phi) is 55.5. The van der Waals surface area contributed by atoms with Crippen molar-refractivity contribution in [2.45, 2.75) is 197 Å². The van der Waals surface area contributed by atoms with Crippen LogP contribution in [0.1, 0.15) is 176 Å². The van der Waals surface area contributed by atoms with Gasteiger partial charge in [0.2, 0.25) is 5.91 Å². The number of amides is 2. The lowest BCUT2D eigenvalue weighted by atomic mass is 10.0. The molecule has 0 aliphatic heterocycles. The minimum absolute atomic E-state index is 0.0814. The summed E-state index contributed by atoms with van der Waals surface area (Å²) in [6.07, 6.45) is 9.54. The molecule has 0 fully saturated rings. The molecule has 8 N–H and O–H groups in total. The summed E-state index contributed by atoms with van der Waals surface area (Å²) in [5, 5.41) is 42.7. The van der Waals surface area contributed by atoms with E-state index in [0.29, 0.717) is 100 Å². The van der Waals surface area contributed by atoms with Gasteiger partial charge in [-0.1, -0.05) is 210 Å². The number of primary amides is 1. The van der Waals surface area contributed by atoms with E-state index in [1.807, 2.05) is 192 Å². The number of alkyl carbamates (subject to hydrolysis) is 1. The number of carbonyl (C=O) groups excluding carboxylic acids is 7. The summed E-state index contributed by atoms with van der Waals surface area (Å²) in [6.45, 7) is 25.1. The van der Waals surface area contributed by atoms with Crippen LogP contribution in [-0.2, 0) is 164 Å². The Morgan fingerprint density at radius 3 is 1.02 bits per heavy atom. The van der Waals surface area contributed by atoms with Crippen LogP contribution in [0.15, 0.2) is 226 Å². The highest BCUT2D eigenvalue weighted by molar-refractivity contribution is 5.78. The highest BCUT2D eigenvalue weighted by atomic mass is 16.6. The van der Waals surface area contributed by atoms with E-state index in [9.17, 15) is 53.4 Å². The average molecular weight is 1760 g/mol. The molecule has 9 aromatic carbocycles. The van der Waals surface area contributed by atoms with Gasteiger partial charge in [-0.2, -0.15) is 0 Å². The number of esters is 5. The number of aryl methyl sites for hydroxylation is 7. The number of carbonyl (C=O) groups is 9. The lowest BCUT2D eigenvalue weighted by molar-refractivity contribution is -0.141. The number of aromatic hydroxyl groups is 2. The largest absolute Gasteiger partial charge is 0.508 e. The fraction of sp³-hybridized carbons (Fsp3) is 0.350. The highest BCUT2D eigenvalue weighted by Gasteiger charge is 2.19. The van der Waals surface area contributed by atoms with Gasteiger partial charge in [-0.25, -0.2) is 4.79 Å². The zero-order chi connectivity index (χ0) is 95.2. The molecule has 0 heterocycles. The maximum atomic E-state index is 11.6. The normalized spacial score (nSPS) is 10.0. The van der Waals surface area contributed by atoms with Gasteiger partial charge in [-0.15, -0.1) is 13.2 Å². The van der Waals surface area contributed by atoms with E-state index >= 15 is 0 Å². The number of aliphatic carboxylic acids is 2. The molecule has 0 saturated carbocycles. The Balaban J connectivity index is 0.000000520. The van der Waals surface area contributed by atoms with Crippen molar-refractivity contribution in [2.75, 3.05) is 42.6 Å². The van der Waals surface area contributed by atoms with Crippen molar-refractivity contribution < 1.29 is 106 Å². The van der Waals surface area contributed by atoms with Crippen LogP contribution < -0.4 is 30.6 Å². The summed E-state index contributed by atoms with van der Waals surface area (Å²) < 4.78 is 45.8. The summed E-state index contributed by atoms with van der Waals surface area (Å²) in [7, 11) is 8.74. The molecule has 9 aromatic rings. The number of allylic oxidation sites excluding steroid dienone is 2. The highest BCUT2D eigenvalue weighted by Crippen LogP contribution is 2.28. The quantitative estimate of drug-likeness (QED) is 0.0107. The molecule has 0 spiro atoms. The molecule has 0 bridgehead atoms. The van der Waals surface area contributed by atoms with Crippen LogP contribution in [0.4, 0.5) is 4.79 Å². The number of methoxy groups -OCH3 is 5. The number of hydrogen-bond acceptors (Lipinski definition) is 21. The maximum absolute atomic E-state index is 11.6. The minimum atomic E-state index is -0.926. The number of carboxylic acid groups (broad SMARTS) is 2. The van der Waals surface area contributed by atoms with Gasteiger partial charge < -0.3 is 79.4 Å². The SMILES string of the molecule is C=CCc1cc(CCC(=O)OC)ccc1O.C=CCc1cc(CCC(=O)OC)ccc1OCc1ccccc1.CC.CC.CNCc1cc(CCC(=O)O)ccc1C.COC(=O)CCc1ccc(O)c(CNC(=O)OC(C)(C)C)c1.COC(=O)CCc1ccc(OCc2ccccc2)c(CC(=O)O)c1.COC(=O)CCc1ccc(OCc2ccccc2)c(CC(N)=O)c1. The maximum Gasteiger partial charge on any atom is 0.407 e. The van der Waals surface area contributed by atoms with Crippen LogP contribution in [0.25, 0.3) is 0 Å². The third-order valence-electron chi connectivity index (χ3n) is 18.3. The zero-order valence-electron chi connectivity index (χ0n) is 76.7. The molecular weight excluding hydrogens is 1630 g/mol. The minimum Gasteiger partial charge on any atom is -0.508 e. The fourth-order valence-corrected chi connectivity index (χ4v) is 11.7. The van der Waals surface area contributed by atoms with E-state index in [4.69, 9.17) is 34.9 Å². The van der Waals surface area contributed by atoms with Crippen LogP contribution in [0.5, 0.6) is 28.7 Å². The second-order valence-corrected chi connectivity index (χ2v) is 29.2. The van der Waals surface area contributed by atoms with E-state index in [0.717, 1.165) is 85.5 Å². The Bertz CT molecular complexity index is 4730. The molecule has 0 aromatic heterocycles. The first kappa shape index (κ1) is 111.